The SMILES string of the molecule is O=C(C=NO)Nc1cc(F)ccc1Br. The summed E-state index contributed by atoms with van der Waals surface area (Å²) in [6.07, 6.45) is 0.678. The second-order valence-electron chi connectivity index (χ2n) is 2.36. The minimum absolute atomic E-state index is 0.273. The largest absolute Gasteiger partial charge is 0.411 e. The summed E-state index contributed by atoms with van der Waals surface area (Å²) in [5.74, 6) is -1.11. The first-order valence-electron chi connectivity index (χ1n) is 3.57. The van der Waals surface area contributed by atoms with Crippen molar-refractivity contribution in [3.8, 4) is 0 Å². The second-order valence-corrected chi connectivity index (χ2v) is 3.21. The van der Waals surface area contributed by atoms with E-state index in [-0.39, 0.29) is 5.69 Å². The van der Waals surface area contributed by atoms with Gasteiger partial charge in [0.05, 0.1) is 5.69 Å². The third-order valence-electron chi connectivity index (χ3n) is 1.36. The number of nitrogens with zero attached hydrogens (tertiary/aromatic N) is 1. The molecule has 0 saturated carbocycles. The fraction of sp³-hybridized carbons (Fsp3) is 0. The lowest BCUT2D eigenvalue weighted by Gasteiger charge is -2.03. The van der Waals surface area contributed by atoms with E-state index in [1.54, 1.807) is 0 Å². The highest BCUT2D eigenvalue weighted by Gasteiger charge is 2.04. The van der Waals surface area contributed by atoms with Crippen molar-refractivity contribution in [1.29, 1.82) is 0 Å². The topological polar surface area (TPSA) is 61.7 Å². The summed E-state index contributed by atoms with van der Waals surface area (Å²) >= 11 is 3.12. The molecule has 0 spiro atoms. The predicted molar refractivity (Wildman–Crippen MR) is 53.0 cm³/mol. The molecule has 4 nitrogen and oxygen atoms in total. The van der Waals surface area contributed by atoms with Crippen LogP contribution in [-0.2, 0) is 4.79 Å². The first kappa shape index (κ1) is 10.6. The van der Waals surface area contributed by atoms with Crippen molar-refractivity contribution in [2.45, 2.75) is 0 Å². The van der Waals surface area contributed by atoms with Crippen molar-refractivity contribution in [1.82, 2.24) is 0 Å². The minimum atomic E-state index is -0.640. The zero-order chi connectivity index (χ0) is 10.6. The van der Waals surface area contributed by atoms with Crippen molar-refractivity contribution in [3.63, 3.8) is 0 Å². The molecule has 1 rings (SSSR count). The van der Waals surface area contributed by atoms with Crippen LogP contribution >= 0.6 is 15.9 Å². The zero-order valence-corrected chi connectivity index (χ0v) is 8.45. The third kappa shape index (κ3) is 2.81. The molecule has 0 fully saturated rings. The van der Waals surface area contributed by atoms with E-state index >= 15 is 0 Å². The van der Waals surface area contributed by atoms with Crippen molar-refractivity contribution in [3.05, 3.63) is 28.5 Å². The third-order valence-corrected chi connectivity index (χ3v) is 2.05. The van der Waals surface area contributed by atoms with Crippen molar-refractivity contribution >= 4 is 33.7 Å². The van der Waals surface area contributed by atoms with Crippen molar-refractivity contribution in [2.75, 3.05) is 5.32 Å². The summed E-state index contributed by atoms with van der Waals surface area (Å²) in [7, 11) is 0. The molecule has 0 unspecified atom stereocenters. The van der Waals surface area contributed by atoms with E-state index < -0.39 is 11.7 Å². The molecule has 0 aliphatic rings. The van der Waals surface area contributed by atoms with Crippen LogP contribution in [0.5, 0.6) is 0 Å². The number of halogens is 2. The Kier molecular flexibility index (Phi) is 3.58. The highest BCUT2D eigenvalue weighted by Crippen LogP contribution is 2.22. The molecule has 0 aliphatic carbocycles. The van der Waals surface area contributed by atoms with Crippen LogP contribution in [0.1, 0.15) is 0 Å². The van der Waals surface area contributed by atoms with Crippen LogP contribution < -0.4 is 5.32 Å². The van der Waals surface area contributed by atoms with Gasteiger partial charge < -0.3 is 10.5 Å². The number of rotatable bonds is 2. The normalized spacial score (nSPS) is 10.4. The number of carbonyl (C=O) groups excluding carboxylic acids is 1. The molecule has 0 aliphatic heterocycles. The molecular weight excluding hydrogens is 255 g/mol. The Balaban J connectivity index is 2.85. The van der Waals surface area contributed by atoms with Crippen LogP contribution in [0.15, 0.2) is 27.8 Å². The van der Waals surface area contributed by atoms with E-state index in [4.69, 9.17) is 5.21 Å². The molecule has 1 amide bonds. The van der Waals surface area contributed by atoms with Gasteiger partial charge in [-0.2, -0.15) is 0 Å². The fourth-order valence-corrected chi connectivity index (χ4v) is 1.16. The van der Waals surface area contributed by atoms with Crippen molar-refractivity contribution < 1.29 is 14.4 Å². The summed E-state index contributed by atoms with van der Waals surface area (Å²) in [5, 5.41) is 12.9. The van der Waals surface area contributed by atoms with Gasteiger partial charge in [-0.15, -0.1) is 0 Å². The Bertz CT molecular complexity index is 382. The molecule has 1 aromatic carbocycles. The lowest BCUT2D eigenvalue weighted by molar-refractivity contribution is -0.110. The molecule has 0 bridgehead atoms. The molecule has 0 aromatic heterocycles. The van der Waals surface area contributed by atoms with E-state index in [9.17, 15) is 9.18 Å². The summed E-state index contributed by atoms with van der Waals surface area (Å²) < 4.78 is 13.3. The Hall–Kier alpha value is -1.43. The molecular formula is C8H6BrFN2O2. The number of oxime groups is 1. The standard InChI is InChI=1S/C8H6BrFN2O2/c9-6-2-1-5(10)3-7(6)12-8(13)4-11-14/h1-4,14H,(H,12,13). The monoisotopic (exact) mass is 260 g/mol. The second kappa shape index (κ2) is 4.71. The Morgan fingerprint density at radius 1 is 1.64 bits per heavy atom. The fourth-order valence-electron chi connectivity index (χ4n) is 0.811. The number of amides is 1. The van der Waals surface area contributed by atoms with Gasteiger partial charge in [0.25, 0.3) is 5.91 Å². The Morgan fingerprint density at radius 3 is 3.00 bits per heavy atom. The minimum Gasteiger partial charge on any atom is -0.411 e. The highest BCUT2D eigenvalue weighted by molar-refractivity contribution is 9.10. The van der Waals surface area contributed by atoms with Crippen molar-refractivity contribution in [2.24, 2.45) is 5.16 Å². The number of nitrogens with one attached hydrogen (secondary N) is 1. The quantitative estimate of drug-likeness (QED) is 0.485. The average Bonchev–Trinajstić information content (AvgIpc) is 2.12. The summed E-state index contributed by atoms with van der Waals surface area (Å²) in [5.41, 5.74) is 0.273. The lowest BCUT2D eigenvalue weighted by Crippen LogP contribution is -2.13. The number of benzene rings is 1. The highest BCUT2D eigenvalue weighted by atomic mass is 79.9. The van der Waals surface area contributed by atoms with E-state index in [1.165, 1.54) is 12.1 Å². The van der Waals surface area contributed by atoms with E-state index in [1.807, 2.05) is 0 Å². The van der Waals surface area contributed by atoms with Gasteiger partial charge in [-0.25, -0.2) is 4.39 Å². The summed E-state index contributed by atoms with van der Waals surface area (Å²) in [6.45, 7) is 0. The summed E-state index contributed by atoms with van der Waals surface area (Å²) in [6, 6.07) is 3.86. The maximum Gasteiger partial charge on any atom is 0.270 e. The van der Waals surface area contributed by atoms with Crippen LogP contribution in [0.4, 0.5) is 10.1 Å². The molecule has 0 saturated heterocycles. The zero-order valence-electron chi connectivity index (χ0n) is 6.87. The number of carbonyl (C=O) groups is 1. The summed E-state index contributed by atoms with van der Waals surface area (Å²) in [4.78, 5) is 10.9. The van der Waals surface area contributed by atoms with Crippen LogP contribution in [0.25, 0.3) is 0 Å². The van der Waals surface area contributed by atoms with E-state index in [0.717, 1.165) is 6.07 Å². The smallest absolute Gasteiger partial charge is 0.270 e. The maximum absolute atomic E-state index is 12.7. The predicted octanol–water partition coefficient (Wildman–Crippen LogP) is 1.99. The van der Waals surface area contributed by atoms with Gasteiger partial charge in [-0.05, 0) is 34.1 Å². The lowest BCUT2D eigenvalue weighted by atomic mass is 10.3. The molecule has 0 atom stereocenters. The molecule has 0 radical (unpaired) electrons. The first-order valence-corrected chi connectivity index (χ1v) is 4.36. The van der Waals surface area contributed by atoms with Gasteiger partial charge in [0.2, 0.25) is 0 Å². The van der Waals surface area contributed by atoms with Gasteiger partial charge in [0.1, 0.15) is 12.0 Å². The Labute approximate surface area is 87.5 Å². The molecule has 14 heavy (non-hydrogen) atoms. The molecule has 0 heterocycles. The van der Waals surface area contributed by atoms with Gasteiger partial charge in [0, 0.05) is 4.47 Å². The number of hydrogen-bond acceptors (Lipinski definition) is 3. The van der Waals surface area contributed by atoms with Crippen LogP contribution in [0.2, 0.25) is 0 Å². The molecule has 2 N–H and O–H groups in total. The molecule has 1 aromatic rings. The average molecular weight is 261 g/mol. The van der Waals surface area contributed by atoms with Crippen LogP contribution in [0.3, 0.4) is 0 Å². The first-order chi connectivity index (χ1) is 6.63. The van der Waals surface area contributed by atoms with E-state index in [0.29, 0.717) is 10.7 Å². The van der Waals surface area contributed by atoms with Gasteiger partial charge >= 0.3 is 0 Å². The van der Waals surface area contributed by atoms with Gasteiger partial charge in [0.15, 0.2) is 0 Å². The van der Waals surface area contributed by atoms with E-state index in [2.05, 4.69) is 26.4 Å². The van der Waals surface area contributed by atoms with Crippen LogP contribution in [-0.4, -0.2) is 17.3 Å². The number of anilines is 1. The van der Waals surface area contributed by atoms with Gasteiger partial charge in [-0.3, -0.25) is 4.79 Å². The molecule has 6 heteroatoms. The number of hydrogen-bond donors (Lipinski definition) is 2. The Morgan fingerprint density at radius 2 is 2.36 bits per heavy atom. The maximum atomic E-state index is 12.7. The molecule has 74 valence electrons. The van der Waals surface area contributed by atoms with Crippen LogP contribution in [0, 0.1) is 5.82 Å². The van der Waals surface area contributed by atoms with Gasteiger partial charge in [-0.1, -0.05) is 5.16 Å².